The van der Waals surface area contributed by atoms with Crippen molar-refractivity contribution >= 4 is 25.3 Å². The van der Waals surface area contributed by atoms with Crippen LogP contribution in [0.25, 0.3) is 11.8 Å². The molecule has 1 aliphatic rings. The molecule has 20 heavy (non-hydrogen) atoms. The molecule has 0 saturated carbocycles. The zero-order valence-corrected chi connectivity index (χ0v) is 12.5. The minimum Gasteiger partial charge on any atom is -0.468 e. The molecule has 2 rings (SSSR count). The van der Waals surface area contributed by atoms with Crippen LogP contribution in [0.4, 0.5) is 0 Å². The van der Waals surface area contributed by atoms with Gasteiger partial charge >= 0.3 is 13.5 Å². The number of carbonyl (C=O) groups is 1. The van der Waals surface area contributed by atoms with Crippen molar-refractivity contribution in [3.05, 3.63) is 34.7 Å². The standard InChI is InChI=1S/C14H18NO4P/c1-18-14(16)10-15-20(2,17)19-13-9-5-7-11-6-3-4-8-12(11)13/h3-4,6-8H,5,9-10H2,1-2H3,(H,15,17). The van der Waals surface area contributed by atoms with Crippen LogP contribution in [0, 0.1) is 0 Å². The second kappa shape index (κ2) is 6.25. The van der Waals surface area contributed by atoms with Crippen molar-refractivity contribution in [2.24, 2.45) is 0 Å². The summed E-state index contributed by atoms with van der Waals surface area (Å²) in [6.07, 6.45) is 3.68. The number of rotatable bonds is 5. The Labute approximate surface area is 117 Å². The molecule has 0 heterocycles. The number of fused-ring (bicyclic) bond motifs is 1. The largest absolute Gasteiger partial charge is 0.468 e. The first-order valence-electron chi connectivity index (χ1n) is 6.39. The lowest BCUT2D eigenvalue weighted by Gasteiger charge is -2.19. The number of hydrogen-bond acceptors (Lipinski definition) is 4. The summed E-state index contributed by atoms with van der Waals surface area (Å²) < 4.78 is 22.5. The Hall–Kier alpha value is -1.58. The van der Waals surface area contributed by atoms with E-state index in [1.165, 1.54) is 13.8 Å². The van der Waals surface area contributed by atoms with Gasteiger partial charge in [-0.05, 0) is 11.6 Å². The van der Waals surface area contributed by atoms with Gasteiger partial charge in [0.15, 0.2) is 0 Å². The highest BCUT2D eigenvalue weighted by Gasteiger charge is 2.20. The zero-order chi connectivity index (χ0) is 14.6. The van der Waals surface area contributed by atoms with Gasteiger partial charge in [-0.3, -0.25) is 9.36 Å². The van der Waals surface area contributed by atoms with E-state index >= 15 is 0 Å². The Bertz CT molecular complexity index is 668. The van der Waals surface area contributed by atoms with Crippen LogP contribution in [0.2, 0.25) is 0 Å². The molecule has 1 N–H and O–H groups in total. The third-order valence-electron chi connectivity index (χ3n) is 3.02. The molecule has 0 radical (unpaired) electrons. The number of ether oxygens (including phenoxy) is 1. The Kier molecular flexibility index (Phi) is 4.63. The predicted molar refractivity (Wildman–Crippen MR) is 77.4 cm³/mol. The third kappa shape index (κ3) is 3.71. The van der Waals surface area contributed by atoms with Crippen molar-refractivity contribution < 1.29 is 18.6 Å². The molecule has 1 aliphatic carbocycles. The summed E-state index contributed by atoms with van der Waals surface area (Å²) >= 11 is 0. The summed E-state index contributed by atoms with van der Waals surface area (Å²) in [6.45, 7) is 1.33. The Morgan fingerprint density at radius 2 is 2.15 bits per heavy atom. The minimum atomic E-state index is -3.09. The lowest BCUT2D eigenvalue weighted by molar-refractivity contribution is -0.139. The molecule has 1 aromatic carbocycles. The second-order valence-electron chi connectivity index (χ2n) is 4.60. The van der Waals surface area contributed by atoms with Crippen LogP contribution in [0.15, 0.2) is 24.3 Å². The van der Waals surface area contributed by atoms with Crippen LogP contribution in [-0.2, 0) is 18.6 Å². The number of methoxy groups -OCH3 is 1. The van der Waals surface area contributed by atoms with Gasteiger partial charge in [0.05, 0.1) is 7.11 Å². The molecule has 1 atom stereocenters. The van der Waals surface area contributed by atoms with Crippen molar-refractivity contribution in [3.8, 4) is 0 Å². The van der Waals surface area contributed by atoms with Crippen LogP contribution in [0.3, 0.4) is 0 Å². The normalized spacial score (nSPS) is 16.6. The SMILES string of the molecule is COC(=O)CNP(C)(=O)OC1=c2ccccc2=CCC1. The van der Waals surface area contributed by atoms with Crippen molar-refractivity contribution in [2.75, 3.05) is 20.3 Å². The monoisotopic (exact) mass is 295 g/mol. The van der Waals surface area contributed by atoms with E-state index in [4.69, 9.17) is 4.52 Å². The fraction of sp³-hybridized carbons (Fsp3) is 0.357. The first-order valence-corrected chi connectivity index (χ1v) is 8.46. The van der Waals surface area contributed by atoms with Crippen molar-refractivity contribution in [1.29, 1.82) is 0 Å². The van der Waals surface area contributed by atoms with Crippen LogP contribution < -0.4 is 15.5 Å². The molecule has 0 amide bonds. The van der Waals surface area contributed by atoms with E-state index in [0.29, 0.717) is 12.2 Å². The summed E-state index contributed by atoms with van der Waals surface area (Å²) in [4.78, 5) is 11.1. The third-order valence-corrected chi connectivity index (χ3v) is 4.32. The predicted octanol–water partition coefficient (Wildman–Crippen LogP) is 0.971. The van der Waals surface area contributed by atoms with E-state index in [9.17, 15) is 9.36 Å². The summed E-state index contributed by atoms with van der Waals surface area (Å²) in [6, 6.07) is 7.82. The van der Waals surface area contributed by atoms with E-state index in [1.54, 1.807) is 0 Å². The number of nitrogens with one attached hydrogen (secondary N) is 1. The zero-order valence-electron chi connectivity index (χ0n) is 11.6. The molecule has 1 unspecified atom stereocenters. The van der Waals surface area contributed by atoms with Gasteiger partial charge in [-0.25, -0.2) is 5.09 Å². The van der Waals surface area contributed by atoms with Gasteiger partial charge in [0.1, 0.15) is 12.3 Å². The quantitative estimate of drug-likeness (QED) is 0.648. The molecule has 0 spiro atoms. The maximum absolute atomic E-state index is 12.3. The van der Waals surface area contributed by atoms with E-state index in [1.807, 2.05) is 24.3 Å². The maximum Gasteiger partial charge on any atom is 0.320 e. The Morgan fingerprint density at radius 3 is 2.90 bits per heavy atom. The van der Waals surface area contributed by atoms with Crippen LogP contribution in [-0.4, -0.2) is 26.3 Å². The lowest BCUT2D eigenvalue weighted by Crippen LogP contribution is -2.30. The molecule has 108 valence electrons. The summed E-state index contributed by atoms with van der Waals surface area (Å²) in [5.74, 6) is 0.226. The average molecular weight is 295 g/mol. The van der Waals surface area contributed by atoms with Crippen LogP contribution in [0.1, 0.15) is 12.8 Å². The van der Waals surface area contributed by atoms with E-state index in [2.05, 4.69) is 15.9 Å². The van der Waals surface area contributed by atoms with Crippen molar-refractivity contribution in [1.82, 2.24) is 5.09 Å². The van der Waals surface area contributed by atoms with Gasteiger partial charge in [-0.1, -0.05) is 30.3 Å². The van der Waals surface area contributed by atoms with E-state index < -0.39 is 13.5 Å². The van der Waals surface area contributed by atoms with Gasteiger partial charge in [0.2, 0.25) is 0 Å². The second-order valence-corrected chi connectivity index (χ2v) is 6.79. The summed E-state index contributed by atoms with van der Waals surface area (Å²) in [5.41, 5.74) is 0. The Morgan fingerprint density at radius 1 is 1.40 bits per heavy atom. The maximum atomic E-state index is 12.3. The van der Waals surface area contributed by atoms with Gasteiger partial charge in [0, 0.05) is 18.3 Å². The van der Waals surface area contributed by atoms with Crippen molar-refractivity contribution in [2.45, 2.75) is 12.8 Å². The molecule has 5 nitrogen and oxygen atoms in total. The Balaban J connectivity index is 2.19. The molecule has 0 saturated heterocycles. The minimum absolute atomic E-state index is 0.134. The number of benzene rings is 1. The highest BCUT2D eigenvalue weighted by Crippen LogP contribution is 2.41. The van der Waals surface area contributed by atoms with E-state index in [-0.39, 0.29) is 6.54 Å². The smallest absolute Gasteiger partial charge is 0.320 e. The number of hydrogen-bond donors (Lipinski definition) is 1. The first-order chi connectivity index (χ1) is 9.52. The van der Waals surface area contributed by atoms with Gasteiger partial charge in [-0.15, -0.1) is 0 Å². The number of carbonyl (C=O) groups excluding carboxylic acids is 1. The summed E-state index contributed by atoms with van der Waals surface area (Å²) in [5, 5.41) is 4.66. The molecular formula is C14H18NO4P. The fourth-order valence-corrected chi connectivity index (χ4v) is 3.13. The fourth-order valence-electron chi connectivity index (χ4n) is 2.04. The highest BCUT2D eigenvalue weighted by molar-refractivity contribution is 7.56. The average Bonchev–Trinajstić information content (AvgIpc) is 2.45. The molecule has 0 aliphatic heterocycles. The van der Waals surface area contributed by atoms with Crippen molar-refractivity contribution in [3.63, 3.8) is 0 Å². The van der Waals surface area contributed by atoms with Gasteiger partial charge in [-0.2, -0.15) is 0 Å². The van der Waals surface area contributed by atoms with Crippen LogP contribution in [0.5, 0.6) is 0 Å². The number of esters is 1. The molecule has 0 aromatic heterocycles. The highest BCUT2D eigenvalue weighted by atomic mass is 31.2. The van der Waals surface area contributed by atoms with Gasteiger partial charge in [0.25, 0.3) is 0 Å². The molecule has 1 aromatic rings. The van der Waals surface area contributed by atoms with Gasteiger partial charge < -0.3 is 9.26 Å². The molecule has 0 bridgehead atoms. The topological polar surface area (TPSA) is 64.6 Å². The van der Waals surface area contributed by atoms with Crippen LogP contribution >= 0.6 is 7.52 Å². The summed E-state index contributed by atoms with van der Waals surface area (Å²) in [7, 11) is -1.80. The molecular weight excluding hydrogens is 277 g/mol. The first kappa shape index (κ1) is 14.8. The lowest BCUT2D eigenvalue weighted by atomic mass is 10.1. The van der Waals surface area contributed by atoms with E-state index in [0.717, 1.165) is 16.9 Å². The molecule has 0 fully saturated rings. The molecule has 6 heteroatoms.